The van der Waals surface area contributed by atoms with Crippen molar-refractivity contribution in [3.8, 4) is 0 Å². The van der Waals surface area contributed by atoms with Crippen molar-refractivity contribution in [3.63, 3.8) is 0 Å². The Bertz CT molecular complexity index is 367. The lowest BCUT2D eigenvalue weighted by molar-refractivity contribution is 0.0488. The third kappa shape index (κ3) is 5.76. The Balaban J connectivity index is 1.71. The lowest BCUT2D eigenvalue weighted by Crippen LogP contribution is -2.47. The monoisotopic (exact) mass is 311 g/mol. The van der Waals surface area contributed by atoms with E-state index in [0.717, 1.165) is 19.4 Å². The fourth-order valence-corrected chi connectivity index (χ4v) is 3.52. The second-order valence-electron chi connectivity index (χ2n) is 7.89. The van der Waals surface area contributed by atoms with Crippen molar-refractivity contribution in [2.24, 2.45) is 0 Å². The first kappa shape index (κ1) is 17.5. The summed E-state index contributed by atoms with van der Waals surface area (Å²) >= 11 is 0. The zero-order valence-corrected chi connectivity index (χ0v) is 14.7. The van der Waals surface area contributed by atoms with Crippen LogP contribution in [0.3, 0.4) is 0 Å². The maximum absolute atomic E-state index is 11.9. The number of likely N-dealkylation sites (tertiary alicyclic amines) is 1. The normalized spacial score (nSPS) is 30.3. The molecule has 0 aromatic carbocycles. The Morgan fingerprint density at radius 2 is 1.91 bits per heavy atom. The van der Waals surface area contributed by atoms with Crippen molar-refractivity contribution < 1.29 is 9.53 Å². The highest BCUT2D eigenvalue weighted by molar-refractivity contribution is 5.68. The van der Waals surface area contributed by atoms with Crippen LogP contribution in [0.1, 0.15) is 59.3 Å². The predicted octanol–water partition coefficient (Wildman–Crippen LogP) is 2.51. The molecule has 0 bridgehead atoms. The van der Waals surface area contributed by atoms with E-state index in [0.29, 0.717) is 12.1 Å². The summed E-state index contributed by atoms with van der Waals surface area (Å²) in [7, 11) is 2.22. The summed E-state index contributed by atoms with van der Waals surface area (Å²) in [5.74, 6) is 0. The zero-order valence-electron chi connectivity index (χ0n) is 14.7. The van der Waals surface area contributed by atoms with Crippen molar-refractivity contribution in [2.45, 2.75) is 83.0 Å². The maximum Gasteiger partial charge on any atom is 0.407 e. The number of nitrogens with zero attached hydrogens (tertiary/aromatic N) is 1. The van der Waals surface area contributed by atoms with E-state index in [1.165, 1.54) is 32.2 Å². The first-order chi connectivity index (χ1) is 10.3. The SMILES string of the molecule is CN1CCCC1CNC1CCCC(NC(=O)OC(C)(C)C)C1. The first-order valence-electron chi connectivity index (χ1n) is 8.76. The van der Waals surface area contributed by atoms with E-state index in [4.69, 9.17) is 4.74 Å². The summed E-state index contributed by atoms with van der Waals surface area (Å²) in [6.45, 7) is 7.99. The van der Waals surface area contributed by atoms with Gasteiger partial charge in [0, 0.05) is 24.7 Å². The molecular formula is C17H33N3O2. The lowest BCUT2D eigenvalue weighted by atomic mass is 9.91. The summed E-state index contributed by atoms with van der Waals surface area (Å²) in [4.78, 5) is 14.3. The third-order valence-corrected chi connectivity index (χ3v) is 4.71. The molecule has 0 aromatic heterocycles. The minimum Gasteiger partial charge on any atom is -0.444 e. The predicted molar refractivity (Wildman–Crippen MR) is 89.1 cm³/mol. The molecule has 128 valence electrons. The van der Waals surface area contributed by atoms with Crippen LogP contribution in [0.15, 0.2) is 0 Å². The molecule has 2 rings (SSSR count). The molecule has 0 radical (unpaired) electrons. The molecule has 3 unspecified atom stereocenters. The zero-order chi connectivity index (χ0) is 16.2. The minimum absolute atomic E-state index is 0.238. The van der Waals surface area contributed by atoms with Gasteiger partial charge in [0.15, 0.2) is 0 Å². The number of carbonyl (C=O) groups excluding carboxylic acids is 1. The summed E-state index contributed by atoms with van der Waals surface area (Å²) in [6.07, 6.45) is 6.78. The molecule has 5 heteroatoms. The van der Waals surface area contributed by atoms with E-state index in [1.54, 1.807) is 0 Å². The van der Waals surface area contributed by atoms with Crippen molar-refractivity contribution in [1.82, 2.24) is 15.5 Å². The van der Waals surface area contributed by atoms with E-state index in [9.17, 15) is 4.79 Å². The van der Waals surface area contributed by atoms with Gasteiger partial charge in [0.05, 0.1) is 0 Å². The molecule has 1 saturated carbocycles. The van der Waals surface area contributed by atoms with Gasteiger partial charge in [0.25, 0.3) is 0 Å². The first-order valence-corrected chi connectivity index (χ1v) is 8.76. The third-order valence-electron chi connectivity index (χ3n) is 4.71. The van der Waals surface area contributed by atoms with Gasteiger partial charge in [0.2, 0.25) is 0 Å². The van der Waals surface area contributed by atoms with E-state index < -0.39 is 5.60 Å². The molecule has 5 nitrogen and oxygen atoms in total. The van der Waals surface area contributed by atoms with Crippen molar-refractivity contribution in [2.75, 3.05) is 20.1 Å². The van der Waals surface area contributed by atoms with Gasteiger partial charge in [-0.05, 0) is 72.9 Å². The quantitative estimate of drug-likeness (QED) is 0.837. The number of alkyl carbamates (subject to hydrolysis) is 1. The molecule has 22 heavy (non-hydrogen) atoms. The van der Waals surface area contributed by atoms with Crippen LogP contribution in [-0.4, -0.2) is 54.9 Å². The van der Waals surface area contributed by atoms with Crippen LogP contribution < -0.4 is 10.6 Å². The fourth-order valence-electron chi connectivity index (χ4n) is 3.52. The fraction of sp³-hybridized carbons (Fsp3) is 0.941. The number of hydrogen-bond donors (Lipinski definition) is 2. The van der Waals surface area contributed by atoms with Crippen LogP contribution in [0.4, 0.5) is 4.79 Å². The van der Waals surface area contributed by atoms with Crippen LogP contribution in [0.25, 0.3) is 0 Å². The van der Waals surface area contributed by atoms with E-state index in [-0.39, 0.29) is 12.1 Å². The molecule has 1 aliphatic heterocycles. The highest BCUT2D eigenvalue weighted by atomic mass is 16.6. The topological polar surface area (TPSA) is 53.6 Å². The Labute approximate surface area is 135 Å². The van der Waals surface area contributed by atoms with E-state index in [2.05, 4.69) is 22.6 Å². The number of likely N-dealkylation sites (N-methyl/N-ethyl adjacent to an activating group) is 1. The second-order valence-corrected chi connectivity index (χ2v) is 7.89. The average molecular weight is 311 g/mol. The Morgan fingerprint density at radius 3 is 2.55 bits per heavy atom. The van der Waals surface area contributed by atoms with Crippen LogP contribution in [0.5, 0.6) is 0 Å². The summed E-state index contributed by atoms with van der Waals surface area (Å²) in [6, 6.07) is 1.43. The average Bonchev–Trinajstić information content (AvgIpc) is 2.80. The van der Waals surface area contributed by atoms with Gasteiger partial charge in [-0.2, -0.15) is 0 Å². The molecule has 1 aliphatic carbocycles. The van der Waals surface area contributed by atoms with Crippen molar-refractivity contribution in [1.29, 1.82) is 0 Å². The van der Waals surface area contributed by atoms with Crippen molar-refractivity contribution in [3.05, 3.63) is 0 Å². The molecule has 1 saturated heterocycles. The van der Waals surface area contributed by atoms with Gasteiger partial charge < -0.3 is 20.3 Å². The highest BCUT2D eigenvalue weighted by Gasteiger charge is 2.27. The van der Waals surface area contributed by atoms with Crippen molar-refractivity contribution >= 4 is 6.09 Å². The molecule has 0 spiro atoms. The number of amides is 1. The lowest BCUT2D eigenvalue weighted by Gasteiger charge is -2.32. The van der Waals surface area contributed by atoms with E-state index in [1.807, 2.05) is 20.8 Å². The smallest absolute Gasteiger partial charge is 0.407 e. The van der Waals surface area contributed by atoms with Gasteiger partial charge in [0.1, 0.15) is 5.60 Å². The Morgan fingerprint density at radius 1 is 1.18 bits per heavy atom. The molecule has 2 fully saturated rings. The summed E-state index contributed by atoms with van der Waals surface area (Å²) in [5, 5.41) is 6.74. The number of carbonyl (C=O) groups is 1. The Hall–Kier alpha value is -0.810. The van der Waals surface area contributed by atoms with Crippen LogP contribution in [0.2, 0.25) is 0 Å². The van der Waals surface area contributed by atoms with Gasteiger partial charge in [-0.15, -0.1) is 0 Å². The van der Waals surface area contributed by atoms with Crippen LogP contribution >= 0.6 is 0 Å². The number of nitrogens with one attached hydrogen (secondary N) is 2. The maximum atomic E-state index is 11.9. The molecule has 0 aromatic rings. The molecule has 2 aliphatic rings. The Kier molecular flexibility index (Phi) is 6.09. The number of ether oxygens (including phenoxy) is 1. The summed E-state index contributed by atoms with van der Waals surface area (Å²) in [5.41, 5.74) is -0.427. The molecular weight excluding hydrogens is 278 g/mol. The summed E-state index contributed by atoms with van der Waals surface area (Å²) < 4.78 is 5.35. The molecule has 2 N–H and O–H groups in total. The minimum atomic E-state index is -0.427. The van der Waals surface area contributed by atoms with Crippen LogP contribution in [0, 0.1) is 0 Å². The van der Waals surface area contributed by atoms with Crippen LogP contribution in [-0.2, 0) is 4.74 Å². The standard InChI is InChI=1S/C17H33N3O2/c1-17(2,3)22-16(21)19-14-8-5-7-13(11-14)18-12-15-9-6-10-20(15)4/h13-15,18H,5-12H2,1-4H3,(H,19,21). The molecule has 1 heterocycles. The van der Waals surface area contributed by atoms with Gasteiger partial charge in [-0.3, -0.25) is 0 Å². The molecule has 1 amide bonds. The highest BCUT2D eigenvalue weighted by Crippen LogP contribution is 2.20. The largest absolute Gasteiger partial charge is 0.444 e. The second kappa shape index (κ2) is 7.64. The van der Waals surface area contributed by atoms with E-state index >= 15 is 0 Å². The molecule has 3 atom stereocenters. The van der Waals surface area contributed by atoms with Gasteiger partial charge >= 0.3 is 6.09 Å². The van der Waals surface area contributed by atoms with Gasteiger partial charge in [-0.25, -0.2) is 4.79 Å². The van der Waals surface area contributed by atoms with Gasteiger partial charge in [-0.1, -0.05) is 0 Å². The number of rotatable bonds is 4. The number of hydrogen-bond acceptors (Lipinski definition) is 4.